The molecule has 0 radical (unpaired) electrons. The summed E-state index contributed by atoms with van der Waals surface area (Å²) in [6.07, 6.45) is 0.925. The number of sulfone groups is 1. The van der Waals surface area contributed by atoms with Gasteiger partial charge in [0.1, 0.15) is 5.82 Å². The zero-order chi connectivity index (χ0) is 14.6. The maximum atomic E-state index is 11.9. The van der Waals surface area contributed by atoms with Crippen molar-refractivity contribution in [1.29, 1.82) is 0 Å². The molecule has 0 saturated carbocycles. The summed E-state index contributed by atoms with van der Waals surface area (Å²) in [7, 11) is -3.63. The number of aromatic nitrogens is 3. The summed E-state index contributed by atoms with van der Waals surface area (Å²) in [5, 5.41) is 9.45. The minimum Gasteiger partial charge on any atom is -0.290 e. The van der Waals surface area contributed by atoms with Crippen molar-refractivity contribution < 1.29 is 13.2 Å². The maximum absolute atomic E-state index is 11.9. The molecule has 0 atom stereocenters. The van der Waals surface area contributed by atoms with Crippen LogP contribution in [0.25, 0.3) is 0 Å². The van der Waals surface area contributed by atoms with Crippen LogP contribution in [0.15, 0.2) is 46.7 Å². The van der Waals surface area contributed by atoms with Crippen LogP contribution in [0.2, 0.25) is 0 Å². The number of rotatable bonds is 4. The van der Waals surface area contributed by atoms with E-state index < -0.39 is 15.7 Å². The Kier molecular flexibility index (Phi) is 3.94. The molecule has 1 heterocycles. The molecule has 2 N–H and O–H groups in total. The molecule has 0 aliphatic rings. The van der Waals surface area contributed by atoms with Gasteiger partial charge in [0.25, 0.3) is 5.91 Å². The third-order valence-electron chi connectivity index (χ3n) is 2.30. The van der Waals surface area contributed by atoms with Gasteiger partial charge in [-0.15, -0.1) is 5.10 Å². The highest BCUT2D eigenvalue weighted by molar-refractivity contribution is 7.94. The van der Waals surface area contributed by atoms with Gasteiger partial charge < -0.3 is 0 Å². The minimum atomic E-state index is -3.63. The molecule has 2 aromatic rings. The van der Waals surface area contributed by atoms with Crippen molar-refractivity contribution in [3.63, 3.8) is 0 Å². The number of carbonyl (C=O) groups excluding carboxylic acids is 1. The number of nitrogens with one attached hydrogen (secondary N) is 2. The van der Waals surface area contributed by atoms with E-state index in [4.69, 9.17) is 0 Å². The van der Waals surface area contributed by atoms with Crippen LogP contribution < -0.4 is 5.32 Å². The standard InChI is InChI=1S/C12H12N4O3S/c1-9-13-12(16-15-9)14-11(17)7-8-20(18,19)10-5-3-2-4-6-10/h2-8H,1H3,(H2,13,14,15,16,17)/b8-7+. The molecule has 2 rings (SSSR count). The molecule has 0 saturated heterocycles. The number of hydrogen-bond donors (Lipinski definition) is 2. The second kappa shape index (κ2) is 5.66. The fourth-order valence-corrected chi connectivity index (χ4v) is 2.39. The fourth-order valence-electron chi connectivity index (χ4n) is 1.39. The van der Waals surface area contributed by atoms with Crippen LogP contribution in [0.5, 0.6) is 0 Å². The topological polar surface area (TPSA) is 105 Å². The molecule has 1 aromatic heterocycles. The Labute approximate surface area is 115 Å². The second-order valence-electron chi connectivity index (χ2n) is 3.89. The van der Waals surface area contributed by atoms with Gasteiger partial charge in [-0.25, -0.2) is 8.42 Å². The molecule has 1 aromatic carbocycles. The van der Waals surface area contributed by atoms with Crippen LogP contribution in [-0.2, 0) is 14.6 Å². The van der Waals surface area contributed by atoms with Gasteiger partial charge in [0.15, 0.2) is 9.84 Å². The number of H-pyrrole nitrogens is 1. The van der Waals surface area contributed by atoms with Crippen molar-refractivity contribution in [3.05, 3.63) is 47.6 Å². The zero-order valence-corrected chi connectivity index (χ0v) is 11.4. The van der Waals surface area contributed by atoms with Crippen LogP contribution in [0.3, 0.4) is 0 Å². The number of benzene rings is 1. The lowest BCUT2D eigenvalue weighted by Gasteiger charge is -1.98. The smallest absolute Gasteiger partial charge is 0.251 e. The Morgan fingerprint density at radius 3 is 2.60 bits per heavy atom. The number of carbonyl (C=O) groups is 1. The SMILES string of the molecule is Cc1nc(NC(=O)/C=C/S(=O)(=O)c2ccccc2)n[nH]1. The Morgan fingerprint density at radius 1 is 1.30 bits per heavy atom. The van der Waals surface area contributed by atoms with Gasteiger partial charge in [0.05, 0.1) is 4.90 Å². The van der Waals surface area contributed by atoms with Gasteiger partial charge in [-0.05, 0) is 19.1 Å². The summed E-state index contributed by atoms with van der Waals surface area (Å²) in [6, 6.07) is 7.84. The first kappa shape index (κ1) is 13.9. The monoisotopic (exact) mass is 292 g/mol. The van der Waals surface area contributed by atoms with Crippen LogP contribution in [0.4, 0.5) is 5.95 Å². The molecular formula is C12H12N4O3S. The molecular weight excluding hydrogens is 280 g/mol. The summed E-state index contributed by atoms with van der Waals surface area (Å²) in [5.74, 6) is 0.0129. The van der Waals surface area contributed by atoms with Crippen molar-refractivity contribution in [1.82, 2.24) is 15.2 Å². The van der Waals surface area contributed by atoms with Gasteiger partial charge in [-0.2, -0.15) is 4.98 Å². The molecule has 0 bridgehead atoms. The van der Waals surface area contributed by atoms with E-state index in [9.17, 15) is 13.2 Å². The average Bonchev–Trinajstić information content (AvgIpc) is 2.83. The number of aryl methyl sites for hydroxylation is 1. The van der Waals surface area contributed by atoms with Gasteiger partial charge in [0.2, 0.25) is 5.95 Å². The van der Waals surface area contributed by atoms with Crippen molar-refractivity contribution >= 4 is 21.7 Å². The molecule has 0 aliphatic heterocycles. The van der Waals surface area contributed by atoms with Gasteiger partial charge >= 0.3 is 0 Å². The van der Waals surface area contributed by atoms with E-state index in [1.807, 2.05) is 0 Å². The highest BCUT2D eigenvalue weighted by Crippen LogP contribution is 2.11. The summed E-state index contributed by atoms with van der Waals surface area (Å²) in [5.41, 5.74) is 0. The lowest BCUT2D eigenvalue weighted by Crippen LogP contribution is -2.10. The van der Waals surface area contributed by atoms with Gasteiger partial charge in [-0.3, -0.25) is 15.2 Å². The summed E-state index contributed by atoms with van der Waals surface area (Å²) in [6.45, 7) is 1.68. The molecule has 0 aliphatic carbocycles. The van der Waals surface area contributed by atoms with Crippen molar-refractivity contribution in [2.75, 3.05) is 5.32 Å². The molecule has 8 heteroatoms. The molecule has 1 amide bonds. The quantitative estimate of drug-likeness (QED) is 0.819. The van der Waals surface area contributed by atoms with E-state index in [-0.39, 0.29) is 10.8 Å². The molecule has 0 spiro atoms. The van der Waals surface area contributed by atoms with E-state index in [1.165, 1.54) is 12.1 Å². The lowest BCUT2D eigenvalue weighted by atomic mass is 10.4. The normalized spacial score (nSPS) is 11.7. The Morgan fingerprint density at radius 2 is 2.00 bits per heavy atom. The average molecular weight is 292 g/mol. The second-order valence-corrected chi connectivity index (χ2v) is 5.73. The van der Waals surface area contributed by atoms with E-state index >= 15 is 0 Å². The Balaban J connectivity index is 2.07. The van der Waals surface area contributed by atoms with Crippen LogP contribution in [0, 0.1) is 6.92 Å². The highest BCUT2D eigenvalue weighted by atomic mass is 32.2. The van der Waals surface area contributed by atoms with E-state index in [0.717, 1.165) is 11.5 Å². The van der Waals surface area contributed by atoms with Crippen molar-refractivity contribution in [3.8, 4) is 0 Å². The third kappa shape index (κ3) is 3.51. The number of anilines is 1. The zero-order valence-electron chi connectivity index (χ0n) is 10.6. The van der Waals surface area contributed by atoms with E-state index in [2.05, 4.69) is 20.5 Å². The first-order chi connectivity index (χ1) is 9.47. The summed E-state index contributed by atoms with van der Waals surface area (Å²) < 4.78 is 23.8. The molecule has 104 valence electrons. The molecule has 20 heavy (non-hydrogen) atoms. The number of aromatic amines is 1. The van der Waals surface area contributed by atoms with Crippen molar-refractivity contribution in [2.24, 2.45) is 0 Å². The largest absolute Gasteiger partial charge is 0.290 e. The predicted molar refractivity (Wildman–Crippen MR) is 72.5 cm³/mol. The molecule has 7 nitrogen and oxygen atoms in total. The summed E-state index contributed by atoms with van der Waals surface area (Å²) in [4.78, 5) is 15.5. The molecule has 0 fully saturated rings. The van der Waals surface area contributed by atoms with Crippen molar-refractivity contribution in [2.45, 2.75) is 11.8 Å². The van der Waals surface area contributed by atoms with Crippen LogP contribution in [-0.4, -0.2) is 29.5 Å². The summed E-state index contributed by atoms with van der Waals surface area (Å²) >= 11 is 0. The fraction of sp³-hybridized carbons (Fsp3) is 0.0833. The number of nitrogens with zero attached hydrogens (tertiary/aromatic N) is 2. The highest BCUT2D eigenvalue weighted by Gasteiger charge is 2.10. The number of amides is 1. The van der Waals surface area contributed by atoms with Gasteiger partial charge in [-0.1, -0.05) is 18.2 Å². The minimum absolute atomic E-state index is 0.0919. The van der Waals surface area contributed by atoms with E-state index in [1.54, 1.807) is 25.1 Å². The van der Waals surface area contributed by atoms with Crippen LogP contribution in [0.1, 0.15) is 5.82 Å². The lowest BCUT2D eigenvalue weighted by molar-refractivity contribution is -0.111. The first-order valence-corrected chi connectivity index (χ1v) is 7.20. The number of hydrogen-bond acceptors (Lipinski definition) is 5. The predicted octanol–water partition coefficient (Wildman–Crippen LogP) is 1.04. The van der Waals surface area contributed by atoms with E-state index in [0.29, 0.717) is 5.82 Å². The van der Waals surface area contributed by atoms with Crippen LogP contribution >= 0.6 is 0 Å². The molecule has 0 unspecified atom stereocenters. The maximum Gasteiger partial charge on any atom is 0.251 e. The first-order valence-electron chi connectivity index (χ1n) is 5.65. The Hall–Kier alpha value is -2.48. The Bertz CT molecular complexity index is 735. The van der Waals surface area contributed by atoms with Gasteiger partial charge in [0, 0.05) is 11.5 Å². The third-order valence-corrected chi connectivity index (χ3v) is 3.73.